The Kier molecular flexibility index (Phi) is 13.9. The van der Waals surface area contributed by atoms with Crippen LogP contribution in [0.15, 0.2) is 0 Å². The summed E-state index contributed by atoms with van der Waals surface area (Å²) in [6.07, 6.45) is 9.64. The van der Waals surface area contributed by atoms with E-state index in [4.69, 9.17) is 5.11 Å². The molecular formula is C28H44N4O6S4. The molecule has 5 N–H and O–H groups in total. The number of carbonyl (C=O) groups excluding carboxylic acids is 4. The molecule has 0 spiro atoms. The van der Waals surface area contributed by atoms with Gasteiger partial charge in [-0.05, 0) is 44.9 Å². The number of urea groups is 2. The predicted molar refractivity (Wildman–Crippen MR) is 172 cm³/mol. The van der Waals surface area contributed by atoms with E-state index in [-0.39, 0.29) is 58.1 Å². The standard InChI is InChI=1S/C28H44N4O6S4/c33-22(34)10-4-1-7-17(42-24(36)12-6-3-9-21-26-19(16-41-21)30-28(38)32-26)13-14-39-23(35)11-5-2-8-20-25-18(15-40-20)29-27(37)31-25/h17-21,25-26H,1-16H2,(H,33,34)(H2,29,31,37)(H2,30,32,38). The van der Waals surface area contributed by atoms with Crippen LogP contribution in [-0.2, 0) is 14.4 Å². The molecule has 0 aromatic heterocycles. The van der Waals surface area contributed by atoms with Gasteiger partial charge in [0.05, 0.1) is 24.2 Å². The Bertz CT molecular complexity index is 975. The van der Waals surface area contributed by atoms with Gasteiger partial charge < -0.3 is 26.4 Å². The van der Waals surface area contributed by atoms with E-state index in [2.05, 4.69) is 21.3 Å². The molecular weight excluding hydrogens is 617 g/mol. The first kappa shape index (κ1) is 33.6. The number of unbranched alkanes of at least 4 members (excludes halogenated alkanes) is 3. The minimum Gasteiger partial charge on any atom is -0.481 e. The number of carboxylic acids is 1. The number of thioether (sulfide) groups is 4. The zero-order chi connectivity index (χ0) is 29.9. The smallest absolute Gasteiger partial charge is 0.315 e. The van der Waals surface area contributed by atoms with E-state index in [1.54, 1.807) is 0 Å². The maximum atomic E-state index is 12.8. The number of carbonyl (C=O) groups is 5. The van der Waals surface area contributed by atoms with Crippen molar-refractivity contribution in [3.63, 3.8) is 0 Å². The van der Waals surface area contributed by atoms with E-state index in [9.17, 15) is 24.0 Å². The maximum Gasteiger partial charge on any atom is 0.315 e. The zero-order valence-electron chi connectivity index (χ0n) is 24.0. The third kappa shape index (κ3) is 10.7. The lowest BCUT2D eigenvalue weighted by molar-refractivity contribution is -0.137. The number of nitrogens with one attached hydrogen (secondary N) is 4. The lowest BCUT2D eigenvalue weighted by atomic mass is 10.0. The molecule has 4 amide bonds. The van der Waals surface area contributed by atoms with Crippen LogP contribution >= 0.6 is 47.0 Å². The number of amides is 4. The van der Waals surface area contributed by atoms with Crippen molar-refractivity contribution >= 4 is 75.3 Å². The van der Waals surface area contributed by atoms with Crippen LogP contribution < -0.4 is 21.3 Å². The van der Waals surface area contributed by atoms with Crippen molar-refractivity contribution in [2.45, 2.75) is 123 Å². The van der Waals surface area contributed by atoms with Crippen LogP contribution in [0.1, 0.15) is 83.5 Å². The molecule has 0 aromatic carbocycles. The first-order valence-electron chi connectivity index (χ1n) is 15.2. The fraction of sp³-hybridized carbons (Fsp3) is 0.821. The summed E-state index contributed by atoms with van der Waals surface area (Å²) in [5, 5.41) is 22.1. The molecule has 4 fully saturated rings. The summed E-state index contributed by atoms with van der Waals surface area (Å²) in [5.41, 5.74) is 0. The Hall–Kier alpha value is -1.25. The molecule has 236 valence electrons. The van der Waals surface area contributed by atoms with Crippen molar-refractivity contribution in [3.05, 3.63) is 0 Å². The molecule has 4 rings (SSSR count). The Morgan fingerprint density at radius 1 is 0.738 bits per heavy atom. The fourth-order valence-electron chi connectivity index (χ4n) is 6.05. The van der Waals surface area contributed by atoms with Crippen molar-refractivity contribution in [2.24, 2.45) is 0 Å². The van der Waals surface area contributed by atoms with Crippen molar-refractivity contribution in [3.8, 4) is 0 Å². The monoisotopic (exact) mass is 660 g/mol. The van der Waals surface area contributed by atoms with Crippen molar-refractivity contribution < 1.29 is 29.1 Å². The van der Waals surface area contributed by atoms with Crippen LogP contribution in [0.5, 0.6) is 0 Å². The number of carboxylic acid groups (broad SMARTS) is 1. The molecule has 0 radical (unpaired) electrons. The highest BCUT2D eigenvalue weighted by molar-refractivity contribution is 8.14. The van der Waals surface area contributed by atoms with Gasteiger partial charge in [-0.3, -0.25) is 14.4 Å². The van der Waals surface area contributed by atoms with Gasteiger partial charge in [-0.1, -0.05) is 42.8 Å². The first-order valence-corrected chi connectivity index (χ1v) is 19.2. The molecule has 14 heteroatoms. The summed E-state index contributed by atoms with van der Waals surface area (Å²) in [6, 6.07) is 0.689. The molecule has 4 saturated heterocycles. The van der Waals surface area contributed by atoms with E-state index in [1.807, 2.05) is 23.5 Å². The highest BCUT2D eigenvalue weighted by Gasteiger charge is 2.43. The van der Waals surface area contributed by atoms with E-state index in [0.29, 0.717) is 35.5 Å². The molecule has 10 nitrogen and oxygen atoms in total. The second kappa shape index (κ2) is 17.3. The van der Waals surface area contributed by atoms with Gasteiger partial charge >= 0.3 is 18.0 Å². The van der Waals surface area contributed by atoms with Crippen molar-refractivity contribution in [2.75, 3.05) is 17.3 Å². The summed E-state index contributed by atoms with van der Waals surface area (Å²) < 4.78 is 0. The van der Waals surface area contributed by atoms with Gasteiger partial charge in [0.1, 0.15) is 0 Å². The zero-order valence-corrected chi connectivity index (χ0v) is 27.2. The van der Waals surface area contributed by atoms with Gasteiger partial charge in [0.2, 0.25) is 0 Å². The van der Waals surface area contributed by atoms with Crippen molar-refractivity contribution in [1.82, 2.24) is 21.3 Å². The molecule has 0 saturated carbocycles. The molecule has 0 bridgehead atoms. The van der Waals surface area contributed by atoms with Gasteiger partial charge in [0, 0.05) is 52.3 Å². The Labute approximate surface area is 265 Å². The summed E-state index contributed by atoms with van der Waals surface area (Å²) in [7, 11) is 0. The number of hydrogen-bond acceptors (Lipinski definition) is 9. The summed E-state index contributed by atoms with van der Waals surface area (Å²) in [4.78, 5) is 59.3. The molecule has 42 heavy (non-hydrogen) atoms. The minimum absolute atomic E-state index is 0.0716. The van der Waals surface area contributed by atoms with Crippen LogP contribution in [0.4, 0.5) is 9.59 Å². The second-order valence-corrected chi connectivity index (χ2v) is 16.6. The lowest BCUT2D eigenvalue weighted by Gasteiger charge is -2.17. The minimum atomic E-state index is -0.799. The lowest BCUT2D eigenvalue weighted by Crippen LogP contribution is -2.36. The molecule has 7 atom stereocenters. The van der Waals surface area contributed by atoms with Gasteiger partial charge in [0.15, 0.2) is 10.2 Å². The van der Waals surface area contributed by atoms with E-state index < -0.39 is 5.97 Å². The quantitative estimate of drug-likeness (QED) is 0.0998. The van der Waals surface area contributed by atoms with Crippen LogP contribution in [-0.4, -0.2) is 90.5 Å². The first-order chi connectivity index (χ1) is 20.3. The highest BCUT2D eigenvalue weighted by Crippen LogP contribution is 2.35. The number of fused-ring (bicyclic) bond motifs is 2. The summed E-state index contributed by atoms with van der Waals surface area (Å²) in [5.74, 6) is 1.75. The number of hydrogen-bond donors (Lipinski definition) is 5. The second-order valence-electron chi connectivity index (χ2n) is 11.5. The number of rotatable bonds is 19. The molecule has 4 heterocycles. The molecule has 4 aliphatic heterocycles. The van der Waals surface area contributed by atoms with E-state index in [0.717, 1.165) is 69.3 Å². The van der Waals surface area contributed by atoms with Crippen LogP contribution in [0, 0.1) is 0 Å². The summed E-state index contributed by atoms with van der Waals surface area (Å²) in [6.45, 7) is 0. The topological polar surface area (TPSA) is 154 Å². The predicted octanol–water partition coefficient (Wildman–Crippen LogP) is 4.36. The molecule has 0 aliphatic carbocycles. The Morgan fingerprint density at radius 3 is 1.86 bits per heavy atom. The highest BCUT2D eigenvalue weighted by atomic mass is 32.2. The van der Waals surface area contributed by atoms with E-state index in [1.165, 1.54) is 23.5 Å². The van der Waals surface area contributed by atoms with Gasteiger partial charge in [-0.2, -0.15) is 23.5 Å². The molecule has 7 unspecified atom stereocenters. The Balaban J connectivity index is 1.08. The van der Waals surface area contributed by atoms with Crippen LogP contribution in [0.25, 0.3) is 0 Å². The molecule has 4 aliphatic rings. The van der Waals surface area contributed by atoms with Gasteiger partial charge in [-0.15, -0.1) is 0 Å². The van der Waals surface area contributed by atoms with E-state index >= 15 is 0 Å². The SMILES string of the molecule is O=C(O)CCCCC(CCSC(=O)CCCCC1SCC2NC(=O)NC21)SC(=O)CCCCC1SCC2NC(=O)NC21. The average molecular weight is 661 g/mol. The molecule has 0 aromatic rings. The van der Waals surface area contributed by atoms with Crippen LogP contribution in [0.3, 0.4) is 0 Å². The fourth-order valence-corrected chi connectivity index (χ4v) is 11.4. The van der Waals surface area contributed by atoms with Gasteiger partial charge in [0.25, 0.3) is 0 Å². The number of aliphatic carboxylic acids is 1. The normalized spacial score (nSPS) is 28.4. The van der Waals surface area contributed by atoms with Crippen LogP contribution in [0.2, 0.25) is 0 Å². The largest absolute Gasteiger partial charge is 0.481 e. The maximum absolute atomic E-state index is 12.8. The summed E-state index contributed by atoms with van der Waals surface area (Å²) >= 11 is 6.51. The third-order valence-electron chi connectivity index (χ3n) is 8.28. The Morgan fingerprint density at radius 2 is 1.29 bits per heavy atom. The van der Waals surface area contributed by atoms with Crippen molar-refractivity contribution in [1.29, 1.82) is 0 Å². The average Bonchev–Trinajstić information content (AvgIpc) is 3.69. The van der Waals surface area contributed by atoms with Gasteiger partial charge in [-0.25, -0.2) is 9.59 Å². The third-order valence-corrected chi connectivity index (χ3v) is 13.5.